The van der Waals surface area contributed by atoms with E-state index < -0.39 is 0 Å². The first-order valence-corrected chi connectivity index (χ1v) is 9.08. The van der Waals surface area contributed by atoms with Crippen LogP contribution in [-0.4, -0.2) is 69.0 Å². The molecule has 24 heavy (non-hydrogen) atoms. The van der Waals surface area contributed by atoms with Crippen molar-refractivity contribution in [3.63, 3.8) is 0 Å². The lowest BCUT2D eigenvalue weighted by Gasteiger charge is -2.32. The number of carbonyl (C=O) groups is 2. The van der Waals surface area contributed by atoms with Crippen LogP contribution in [0.4, 0.5) is 0 Å². The number of ether oxygens (including phenoxy) is 2. The Hall–Kier alpha value is -1.57. The molecule has 7 heteroatoms. The van der Waals surface area contributed by atoms with Crippen molar-refractivity contribution in [2.45, 2.75) is 23.5 Å². The highest BCUT2D eigenvalue weighted by Gasteiger charge is 2.29. The van der Waals surface area contributed by atoms with Crippen molar-refractivity contribution >= 4 is 23.6 Å². The lowest BCUT2D eigenvalue weighted by atomic mass is 10.1. The van der Waals surface area contributed by atoms with Gasteiger partial charge < -0.3 is 19.7 Å². The summed E-state index contributed by atoms with van der Waals surface area (Å²) in [5, 5.41) is 3.03. The van der Waals surface area contributed by atoms with Crippen LogP contribution in [0.25, 0.3) is 0 Å². The zero-order valence-corrected chi connectivity index (χ0v) is 15.1. The Bertz CT molecular complexity index is 579. The summed E-state index contributed by atoms with van der Waals surface area (Å²) in [6.07, 6.45) is 2.28. The van der Waals surface area contributed by atoms with Crippen molar-refractivity contribution in [3.05, 3.63) is 29.8 Å². The zero-order valence-electron chi connectivity index (χ0n) is 14.3. The number of benzene rings is 1. The number of rotatable bonds is 6. The SMILES string of the molecule is CSc1ccccc1C(=O)N[C@@H]1CCOC[C@H]1OCC(=O)N(C)C. The molecule has 1 fully saturated rings. The molecule has 2 amide bonds. The first kappa shape index (κ1) is 18.8. The third-order valence-corrected chi connectivity index (χ3v) is 4.69. The second-order valence-electron chi connectivity index (χ2n) is 5.78. The van der Waals surface area contributed by atoms with E-state index in [1.807, 2.05) is 30.5 Å². The number of carbonyl (C=O) groups excluding carboxylic acids is 2. The van der Waals surface area contributed by atoms with Crippen molar-refractivity contribution in [3.8, 4) is 0 Å². The molecule has 0 radical (unpaired) electrons. The molecule has 0 saturated carbocycles. The fourth-order valence-electron chi connectivity index (χ4n) is 2.43. The largest absolute Gasteiger partial charge is 0.379 e. The van der Waals surface area contributed by atoms with Gasteiger partial charge >= 0.3 is 0 Å². The highest BCUT2D eigenvalue weighted by atomic mass is 32.2. The Kier molecular flexibility index (Phi) is 7.08. The molecule has 1 aliphatic rings. The van der Waals surface area contributed by atoms with Gasteiger partial charge in [0, 0.05) is 25.6 Å². The number of thioether (sulfide) groups is 1. The van der Waals surface area contributed by atoms with Crippen LogP contribution in [0.3, 0.4) is 0 Å². The van der Waals surface area contributed by atoms with Crippen molar-refractivity contribution in [1.29, 1.82) is 0 Å². The summed E-state index contributed by atoms with van der Waals surface area (Å²) >= 11 is 1.54. The molecule has 1 N–H and O–H groups in total. The van der Waals surface area contributed by atoms with Gasteiger partial charge in [-0.2, -0.15) is 0 Å². The number of nitrogens with one attached hydrogen (secondary N) is 1. The Morgan fingerprint density at radius 1 is 1.38 bits per heavy atom. The second-order valence-corrected chi connectivity index (χ2v) is 6.63. The van der Waals surface area contributed by atoms with Crippen LogP contribution in [0.5, 0.6) is 0 Å². The quantitative estimate of drug-likeness (QED) is 0.784. The second kappa shape index (κ2) is 9.05. The summed E-state index contributed by atoms with van der Waals surface area (Å²) in [5.74, 6) is -0.238. The van der Waals surface area contributed by atoms with E-state index in [0.29, 0.717) is 25.2 Å². The molecular formula is C17H24N2O4S. The van der Waals surface area contributed by atoms with E-state index >= 15 is 0 Å². The Balaban J connectivity index is 2.00. The first-order chi connectivity index (χ1) is 11.5. The van der Waals surface area contributed by atoms with Gasteiger partial charge in [-0.3, -0.25) is 9.59 Å². The Labute approximate surface area is 146 Å². The van der Waals surface area contributed by atoms with Crippen LogP contribution in [0.1, 0.15) is 16.8 Å². The smallest absolute Gasteiger partial charge is 0.252 e. The van der Waals surface area contributed by atoms with E-state index in [9.17, 15) is 9.59 Å². The van der Waals surface area contributed by atoms with E-state index in [2.05, 4.69) is 5.32 Å². The molecule has 0 spiro atoms. The fraction of sp³-hybridized carbons (Fsp3) is 0.529. The molecule has 0 unspecified atom stereocenters. The molecule has 2 atom stereocenters. The van der Waals surface area contributed by atoms with Crippen molar-refractivity contribution in [2.75, 3.05) is 40.2 Å². The van der Waals surface area contributed by atoms with Crippen molar-refractivity contribution < 1.29 is 19.1 Å². The van der Waals surface area contributed by atoms with E-state index in [0.717, 1.165) is 4.90 Å². The average Bonchev–Trinajstić information content (AvgIpc) is 2.60. The minimum Gasteiger partial charge on any atom is -0.379 e. The van der Waals surface area contributed by atoms with Crippen LogP contribution < -0.4 is 5.32 Å². The lowest BCUT2D eigenvalue weighted by molar-refractivity contribution is -0.140. The monoisotopic (exact) mass is 352 g/mol. The topological polar surface area (TPSA) is 67.9 Å². The van der Waals surface area contributed by atoms with E-state index in [1.165, 1.54) is 16.7 Å². The summed E-state index contributed by atoms with van der Waals surface area (Å²) in [7, 11) is 3.36. The Morgan fingerprint density at radius 2 is 2.12 bits per heavy atom. The van der Waals surface area contributed by atoms with Gasteiger partial charge in [-0.15, -0.1) is 11.8 Å². The zero-order chi connectivity index (χ0) is 17.5. The molecule has 0 aliphatic carbocycles. The molecule has 1 aromatic carbocycles. The molecule has 132 valence electrons. The number of nitrogens with zero attached hydrogens (tertiary/aromatic N) is 1. The van der Waals surface area contributed by atoms with Gasteiger partial charge in [-0.25, -0.2) is 0 Å². The lowest BCUT2D eigenvalue weighted by Crippen LogP contribution is -2.50. The maximum absolute atomic E-state index is 12.6. The number of hydrogen-bond acceptors (Lipinski definition) is 5. The maximum atomic E-state index is 12.6. The molecule has 1 aliphatic heterocycles. The summed E-state index contributed by atoms with van der Waals surface area (Å²) in [6, 6.07) is 7.33. The van der Waals surface area contributed by atoms with Gasteiger partial charge in [0.15, 0.2) is 0 Å². The van der Waals surface area contributed by atoms with Gasteiger partial charge in [0.2, 0.25) is 5.91 Å². The summed E-state index contributed by atoms with van der Waals surface area (Å²) in [6.45, 7) is 0.918. The highest BCUT2D eigenvalue weighted by Crippen LogP contribution is 2.20. The van der Waals surface area contributed by atoms with Gasteiger partial charge in [-0.05, 0) is 24.8 Å². The molecule has 0 bridgehead atoms. The normalized spacial score (nSPS) is 20.5. The highest BCUT2D eigenvalue weighted by molar-refractivity contribution is 7.98. The fourth-order valence-corrected chi connectivity index (χ4v) is 3.02. The summed E-state index contributed by atoms with van der Waals surface area (Å²) < 4.78 is 11.1. The van der Waals surface area contributed by atoms with Crippen LogP contribution >= 0.6 is 11.8 Å². The number of likely N-dealkylation sites (N-methyl/N-ethyl adjacent to an activating group) is 1. The van der Waals surface area contributed by atoms with Gasteiger partial charge in [0.05, 0.1) is 18.2 Å². The Morgan fingerprint density at radius 3 is 2.83 bits per heavy atom. The van der Waals surface area contributed by atoms with E-state index in [1.54, 1.807) is 14.1 Å². The van der Waals surface area contributed by atoms with Crippen LogP contribution in [0, 0.1) is 0 Å². The third-order valence-electron chi connectivity index (χ3n) is 3.89. The molecule has 1 saturated heterocycles. The van der Waals surface area contributed by atoms with Crippen LogP contribution in [-0.2, 0) is 14.3 Å². The molecule has 2 rings (SSSR count). The summed E-state index contributed by atoms with van der Waals surface area (Å²) in [5.41, 5.74) is 0.652. The van der Waals surface area contributed by atoms with Gasteiger partial charge in [-0.1, -0.05) is 12.1 Å². The standard InChI is InChI=1S/C17H24N2O4S/c1-19(2)16(20)11-23-14-10-22-9-8-13(14)18-17(21)12-6-4-5-7-15(12)24-3/h4-7,13-14H,8-11H2,1-3H3,(H,18,21)/t13-,14-/m1/s1. The van der Waals surface area contributed by atoms with Gasteiger partial charge in [0.25, 0.3) is 5.91 Å². The molecule has 0 aromatic heterocycles. The average molecular weight is 352 g/mol. The summed E-state index contributed by atoms with van der Waals surface area (Å²) in [4.78, 5) is 26.7. The van der Waals surface area contributed by atoms with Crippen molar-refractivity contribution in [1.82, 2.24) is 10.2 Å². The minimum atomic E-state index is -0.326. The molecule has 6 nitrogen and oxygen atoms in total. The molecular weight excluding hydrogens is 328 g/mol. The predicted molar refractivity (Wildman–Crippen MR) is 93.3 cm³/mol. The van der Waals surface area contributed by atoms with Crippen LogP contribution in [0.15, 0.2) is 29.2 Å². The number of hydrogen-bond donors (Lipinski definition) is 1. The van der Waals surface area contributed by atoms with Crippen LogP contribution in [0.2, 0.25) is 0 Å². The molecule has 1 heterocycles. The molecule has 1 aromatic rings. The third kappa shape index (κ3) is 4.96. The number of amides is 2. The van der Waals surface area contributed by atoms with E-state index in [-0.39, 0.29) is 30.6 Å². The minimum absolute atomic E-state index is 0.0191. The van der Waals surface area contributed by atoms with Gasteiger partial charge in [0.1, 0.15) is 12.7 Å². The first-order valence-electron chi connectivity index (χ1n) is 7.86. The maximum Gasteiger partial charge on any atom is 0.252 e. The van der Waals surface area contributed by atoms with E-state index in [4.69, 9.17) is 9.47 Å². The van der Waals surface area contributed by atoms with Crippen molar-refractivity contribution in [2.24, 2.45) is 0 Å². The predicted octanol–water partition coefficient (Wildman–Crippen LogP) is 1.40.